The molecule has 134 valence electrons. The summed E-state index contributed by atoms with van der Waals surface area (Å²) in [6.07, 6.45) is 1.60. The predicted octanol–water partition coefficient (Wildman–Crippen LogP) is 2.47. The van der Waals surface area contributed by atoms with Gasteiger partial charge in [-0.1, -0.05) is 23.5 Å². The maximum Gasteiger partial charge on any atom is 0.240 e. The number of carbonyl (C=O) groups excluding carboxylic acids is 2. The number of fused-ring (bicyclic) bond motifs is 1. The molecule has 1 fully saturated rings. The van der Waals surface area contributed by atoms with Crippen molar-refractivity contribution in [1.82, 2.24) is 15.2 Å². The number of nitrogens with one attached hydrogen (secondary N) is 2. The van der Waals surface area contributed by atoms with Crippen LogP contribution < -0.4 is 10.6 Å². The molecule has 6 nitrogen and oxygen atoms in total. The van der Waals surface area contributed by atoms with Gasteiger partial charge in [0.05, 0.1) is 16.8 Å². The SMILES string of the molecule is CC(C)NC(=O)C1CCN(CC(=O)Nc2nc3ccccc3s2)CC1. The normalized spacial score (nSPS) is 16.3. The maximum atomic E-state index is 12.3. The molecule has 0 atom stereocenters. The van der Waals surface area contributed by atoms with Crippen LogP contribution in [0.1, 0.15) is 26.7 Å². The molecule has 1 aromatic carbocycles. The number of amides is 2. The van der Waals surface area contributed by atoms with Gasteiger partial charge in [0.1, 0.15) is 0 Å². The summed E-state index contributed by atoms with van der Waals surface area (Å²) in [4.78, 5) is 30.8. The maximum absolute atomic E-state index is 12.3. The number of nitrogens with zero attached hydrogens (tertiary/aromatic N) is 2. The van der Waals surface area contributed by atoms with E-state index in [9.17, 15) is 9.59 Å². The Morgan fingerprint density at radius 3 is 2.68 bits per heavy atom. The van der Waals surface area contributed by atoms with Crippen LogP contribution in [0.5, 0.6) is 0 Å². The van der Waals surface area contributed by atoms with E-state index in [1.54, 1.807) is 0 Å². The van der Waals surface area contributed by atoms with Gasteiger partial charge in [-0.15, -0.1) is 0 Å². The molecule has 7 heteroatoms. The molecule has 0 radical (unpaired) electrons. The number of benzene rings is 1. The standard InChI is InChI=1S/C18H24N4O2S/c1-12(2)19-17(24)13-7-9-22(10-8-13)11-16(23)21-18-20-14-5-3-4-6-15(14)25-18/h3-6,12-13H,7-11H2,1-2H3,(H,19,24)(H,20,21,23). The molecule has 2 N–H and O–H groups in total. The highest BCUT2D eigenvalue weighted by Crippen LogP contribution is 2.25. The molecule has 2 heterocycles. The highest BCUT2D eigenvalue weighted by molar-refractivity contribution is 7.22. The highest BCUT2D eigenvalue weighted by Gasteiger charge is 2.26. The summed E-state index contributed by atoms with van der Waals surface area (Å²) in [6, 6.07) is 8.01. The first-order valence-corrected chi connectivity index (χ1v) is 9.51. The average Bonchev–Trinajstić information content (AvgIpc) is 2.96. The van der Waals surface area contributed by atoms with Gasteiger partial charge < -0.3 is 10.6 Å². The van der Waals surface area contributed by atoms with Crippen molar-refractivity contribution in [2.24, 2.45) is 5.92 Å². The van der Waals surface area contributed by atoms with Gasteiger partial charge in [-0.3, -0.25) is 14.5 Å². The second kappa shape index (κ2) is 7.93. The minimum absolute atomic E-state index is 0.0517. The van der Waals surface area contributed by atoms with E-state index in [2.05, 4.69) is 20.5 Å². The van der Waals surface area contributed by atoms with E-state index in [1.165, 1.54) is 11.3 Å². The van der Waals surface area contributed by atoms with E-state index in [4.69, 9.17) is 0 Å². The van der Waals surface area contributed by atoms with Gasteiger partial charge in [0.15, 0.2) is 5.13 Å². The van der Waals surface area contributed by atoms with Crippen LogP contribution in [0.15, 0.2) is 24.3 Å². The zero-order chi connectivity index (χ0) is 17.8. The number of rotatable bonds is 5. The summed E-state index contributed by atoms with van der Waals surface area (Å²) < 4.78 is 1.06. The molecule has 2 amide bonds. The van der Waals surface area contributed by atoms with Crippen molar-refractivity contribution in [3.8, 4) is 0 Å². The Labute approximate surface area is 151 Å². The van der Waals surface area contributed by atoms with Crippen molar-refractivity contribution in [2.75, 3.05) is 25.0 Å². The Morgan fingerprint density at radius 1 is 1.28 bits per heavy atom. The summed E-state index contributed by atoms with van der Waals surface area (Å²) in [5, 5.41) is 6.49. The Balaban J connectivity index is 1.47. The number of hydrogen-bond acceptors (Lipinski definition) is 5. The smallest absolute Gasteiger partial charge is 0.240 e. The highest BCUT2D eigenvalue weighted by atomic mass is 32.1. The van der Waals surface area contributed by atoms with Crippen LogP contribution in [0.25, 0.3) is 10.2 Å². The molecular weight excluding hydrogens is 336 g/mol. The van der Waals surface area contributed by atoms with Gasteiger partial charge in [0, 0.05) is 12.0 Å². The molecule has 0 bridgehead atoms. The lowest BCUT2D eigenvalue weighted by Gasteiger charge is -2.31. The van der Waals surface area contributed by atoms with Crippen LogP contribution in [-0.2, 0) is 9.59 Å². The van der Waals surface area contributed by atoms with Crippen molar-refractivity contribution in [3.05, 3.63) is 24.3 Å². The number of hydrogen-bond donors (Lipinski definition) is 2. The lowest BCUT2D eigenvalue weighted by molar-refractivity contribution is -0.127. The zero-order valence-electron chi connectivity index (χ0n) is 14.6. The zero-order valence-corrected chi connectivity index (χ0v) is 15.4. The van der Waals surface area contributed by atoms with Gasteiger partial charge in [-0.2, -0.15) is 0 Å². The predicted molar refractivity (Wildman–Crippen MR) is 101 cm³/mol. The molecule has 3 rings (SSSR count). The third-order valence-electron chi connectivity index (χ3n) is 4.30. The molecular formula is C18H24N4O2S. The first-order valence-electron chi connectivity index (χ1n) is 8.69. The third-order valence-corrected chi connectivity index (χ3v) is 5.25. The summed E-state index contributed by atoms with van der Waals surface area (Å²) >= 11 is 1.48. The van der Waals surface area contributed by atoms with Crippen molar-refractivity contribution >= 4 is 38.5 Å². The number of para-hydroxylation sites is 1. The number of thiazole rings is 1. The van der Waals surface area contributed by atoms with E-state index in [0.29, 0.717) is 11.7 Å². The molecule has 1 saturated heterocycles. The Bertz CT molecular complexity index is 717. The molecule has 1 aliphatic heterocycles. The lowest BCUT2D eigenvalue weighted by atomic mass is 9.95. The topological polar surface area (TPSA) is 74.3 Å². The quantitative estimate of drug-likeness (QED) is 0.859. The second-order valence-electron chi connectivity index (χ2n) is 6.75. The second-order valence-corrected chi connectivity index (χ2v) is 7.78. The van der Waals surface area contributed by atoms with E-state index in [0.717, 1.165) is 36.1 Å². The third kappa shape index (κ3) is 4.76. The molecule has 0 spiro atoms. The summed E-state index contributed by atoms with van der Waals surface area (Å²) in [6.45, 7) is 5.82. The van der Waals surface area contributed by atoms with Crippen molar-refractivity contribution < 1.29 is 9.59 Å². The van der Waals surface area contributed by atoms with Crippen LogP contribution in [0, 0.1) is 5.92 Å². The molecule has 0 saturated carbocycles. The minimum atomic E-state index is -0.0517. The molecule has 2 aromatic rings. The van der Waals surface area contributed by atoms with Crippen LogP contribution in [-0.4, -0.2) is 47.4 Å². The van der Waals surface area contributed by atoms with Crippen molar-refractivity contribution in [3.63, 3.8) is 0 Å². The van der Waals surface area contributed by atoms with E-state index >= 15 is 0 Å². The van der Waals surface area contributed by atoms with Gasteiger partial charge in [0.25, 0.3) is 0 Å². The largest absolute Gasteiger partial charge is 0.354 e. The number of likely N-dealkylation sites (tertiary alicyclic amines) is 1. The van der Waals surface area contributed by atoms with E-state index in [1.807, 2.05) is 38.1 Å². The number of aromatic nitrogens is 1. The van der Waals surface area contributed by atoms with Crippen molar-refractivity contribution in [1.29, 1.82) is 0 Å². The van der Waals surface area contributed by atoms with E-state index in [-0.39, 0.29) is 23.8 Å². The monoisotopic (exact) mass is 360 g/mol. The van der Waals surface area contributed by atoms with Crippen LogP contribution >= 0.6 is 11.3 Å². The Morgan fingerprint density at radius 2 is 2.00 bits per heavy atom. The van der Waals surface area contributed by atoms with Crippen LogP contribution in [0.3, 0.4) is 0 Å². The first kappa shape index (κ1) is 17.8. The summed E-state index contributed by atoms with van der Waals surface area (Å²) in [5.74, 6) is 0.142. The fraction of sp³-hybridized carbons (Fsp3) is 0.500. The molecule has 0 unspecified atom stereocenters. The summed E-state index contributed by atoms with van der Waals surface area (Å²) in [7, 11) is 0. The molecule has 0 aliphatic carbocycles. The van der Waals surface area contributed by atoms with Gasteiger partial charge in [-0.25, -0.2) is 4.98 Å². The molecule has 25 heavy (non-hydrogen) atoms. The van der Waals surface area contributed by atoms with Crippen LogP contribution in [0.4, 0.5) is 5.13 Å². The van der Waals surface area contributed by atoms with Crippen molar-refractivity contribution in [2.45, 2.75) is 32.7 Å². The fourth-order valence-electron chi connectivity index (χ4n) is 3.04. The average molecular weight is 360 g/mol. The van der Waals surface area contributed by atoms with E-state index < -0.39 is 0 Å². The molecule has 1 aliphatic rings. The lowest BCUT2D eigenvalue weighted by Crippen LogP contribution is -2.44. The Hall–Kier alpha value is -1.99. The number of piperidine rings is 1. The Kier molecular flexibility index (Phi) is 5.65. The minimum Gasteiger partial charge on any atom is -0.354 e. The van der Waals surface area contributed by atoms with Gasteiger partial charge in [0.2, 0.25) is 11.8 Å². The first-order chi connectivity index (χ1) is 12.0. The number of anilines is 1. The van der Waals surface area contributed by atoms with Gasteiger partial charge in [-0.05, 0) is 51.9 Å². The van der Waals surface area contributed by atoms with Crippen LogP contribution in [0.2, 0.25) is 0 Å². The van der Waals surface area contributed by atoms with Gasteiger partial charge >= 0.3 is 0 Å². The fourth-order valence-corrected chi connectivity index (χ4v) is 3.93. The molecule has 1 aromatic heterocycles. The summed E-state index contributed by atoms with van der Waals surface area (Å²) in [5.41, 5.74) is 0.903. The number of carbonyl (C=O) groups is 2.